The standard InChI is InChI=1S/C10H16N2O/c1-8(11-13)9-4-6-10(7-5-9)12(2)3/h4-8,11,13H,1-3H3. The van der Waals surface area contributed by atoms with Gasteiger partial charge in [0.1, 0.15) is 0 Å². The highest BCUT2D eigenvalue weighted by Crippen LogP contribution is 2.16. The zero-order valence-corrected chi connectivity index (χ0v) is 8.28. The van der Waals surface area contributed by atoms with Gasteiger partial charge >= 0.3 is 0 Å². The molecule has 1 aromatic carbocycles. The van der Waals surface area contributed by atoms with Crippen molar-refractivity contribution >= 4 is 5.69 Å². The van der Waals surface area contributed by atoms with Crippen molar-refractivity contribution in [3.63, 3.8) is 0 Å². The van der Waals surface area contributed by atoms with Gasteiger partial charge in [0.15, 0.2) is 0 Å². The first-order valence-electron chi connectivity index (χ1n) is 4.32. The molecule has 0 aliphatic heterocycles. The van der Waals surface area contributed by atoms with Crippen LogP contribution in [0.5, 0.6) is 0 Å². The lowest BCUT2D eigenvalue weighted by molar-refractivity contribution is 0.133. The fourth-order valence-corrected chi connectivity index (χ4v) is 1.14. The largest absolute Gasteiger partial charge is 0.378 e. The molecule has 0 spiro atoms. The van der Waals surface area contributed by atoms with Crippen LogP contribution in [0.1, 0.15) is 18.5 Å². The summed E-state index contributed by atoms with van der Waals surface area (Å²) >= 11 is 0. The van der Waals surface area contributed by atoms with E-state index in [0.29, 0.717) is 0 Å². The smallest absolute Gasteiger partial charge is 0.0540 e. The molecule has 2 N–H and O–H groups in total. The van der Waals surface area contributed by atoms with Crippen molar-refractivity contribution < 1.29 is 5.21 Å². The van der Waals surface area contributed by atoms with Gasteiger partial charge in [0.25, 0.3) is 0 Å². The van der Waals surface area contributed by atoms with Crippen LogP contribution in [0.3, 0.4) is 0 Å². The highest BCUT2D eigenvalue weighted by Gasteiger charge is 2.02. The number of benzene rings is 1. The molecule has 0 saturated heterocycles. The lowest BCUT2D eigenvalue weighted by Crippen LogP contribution is -2.13. The molecular weight excluding hydrogens is 164 g/mol. The van der Waals surface area contributed by atoms with Crippen LogP contribution in [0.15, 0.2) is 24.3 Å². The van der Waals surface area contributed by atoms with Gasteiger partial charge in [0, 0.05) is 19.8 Å². The van der Waals surface area contributed by atoms with Crippen LogP contribution < -0.4 is 10.4 Å². The molecule has 1 rings (SSSR count). The SMILES string of the molecule is CC(NO)c1ccc(N(C)C)cc1. The van der Waals surface area contributed by atoms with E-state index in [1.807, 2.05) is 50.2 Å². The molecule has 3 nitrogen and oxygen atoms in total. The van der Waals surface area contributed by atoms with Crippen LogP contribution >= 0.6 is 0 Å². The molecule has 1 unspecified atom stereocenters. The number of rotatable bonds is 3. The first-order valence-corrected chi connectivity index (χ1v) is 4.32. The first-order chi connectivity index (χ1) is 6.15. The topological polar surface area (TPSA) is 35.5 Å². The maximum Gasteiger partial charge on any atom is 0.0540 e. The zero-order valence-electron chi connectivity index (χ0n) is 8.28. The minimum absolute atomic E-state index is 0.0174. The summed E-state index contributed by atoms with van der Waals surface area (Å²) in [6, 6.07) is 8.05. The predicted octanol–water partition coefficient (Wildman–Crippen LogP) is 1.79. The van der Waals surface area contributed by atoms with Gasteiger partial charge in [0.05, 0.1) is 6.04 Å². The molecule has 72 valence electrons. The Hall–Kier alpha value is -1.06. The summed E-state index contributed by atoms with van der Waals surface area (Å²) in [5.41, 5.74) is 4.45. The molecule has 0 aliphatic carbocycles. The quantitative estimate of drug-likeness (QED) is 0.696. The third-order valence-electron chi connectivity index (χ3n) is 2.10. The number of anilines is 1. The van der Waals surface area contributed by atoms with Gasteiger partial charge in [-0.2, -0.15) is 5.48 Å². The summed E-state index contributed by atoms with van der Waals surface area (Å²) in [6.07, 6.45) is 0. The number of nitrogens with one attached hydrogen (secondary N) is 1. The Balaban J connectivity index is 2.81. The molecule has 0 amide bonds. The Morgan fingerprint density at radius 1 is 1.23 bits per heavy atom. The number of hydrogen-bond donors (Lipinski definition) is 2. The molecule has 0 heterocycles. The normalized spacial score (nSPS) is 12.6. The summed E-state index contributed by atoms with van der Waals surface area (Å²) in [6.45, 7) is 1.91. The second kappa shape index (κ2) is 4.25. The summed E-state index contributed by atoms with van der Waals surface area (Å²) in [5, 5.41) is 8.71. The molecular formula is C10H16N2O. The maximum absolute atomic E-state index is 8.71. The van der Waals surface area contributed by atoms with E-state index >= 15 is 0 Å². The van der Waals surface area contributed by atoms with E-state index in [-0.39, 0.29) is 6.04 Å². The predicted molar refractivity (Wildman–Crippen MR) is 54.1 cm³/mol. The Kier molecular flexibility index (Phi) is 3.28. The molecule has 0 aliphatic rings. The van der Waals surface area contributed by atoms with Gasteiger partial charge in [-0.15, -0.1) is 0 Å². The molecule has 0 aromatic heterocycles. The van der Waals surface area contributed by atoms with Crippen LogP contribution in [0, 0.1) is 0 Å². The Bertz CT molecular complexity index is 256. The van der Waals surface area contributed by atoms with Crippen LogP contribution in [-0.4, -0.2) is 19.3 Å². The average molecular weight is 180 g/mol. The highest BCUT2D eigenvalue weighted by atomic mass is 16.5. The van der Waals surface area contributed by atoms with Crippen molar-refractivity contribution in [2.24, 2.45) is 0 Å². The second-order valence-corrected chi connectivity index (χ2v) is 3.34. The van der Waals surface area contributed by atoms with E-state index in [4.69, 9.17) is 5.21 Å². The van der Waals surface area contributed by atoms with Crippen molar-refractivity contribution in [3.8, 4) is 0 Å². The molecule has 0 bridgehead atoms. The van der Waals surface area contributed by atoms with E-state index in [0.717, 1.165) is 11.3 Å². The molecule has 1 aromatic rings. The van der Waals surface area contributed by atoms with Gasteiger partial charge in [-0.1, -0.05) is 12.1 Å². The lowest BCUT2D eigenvalue weighted by Gasteiger charge is -2.14. The van der Waals surface area contributed by atoms with E-state index in [2.05, 4.69) is 5.48 Å². The minimum Gasteiger partial charge on any atom is -0.378 e. The van der Waals surface area contributed by atoms with Crippen LogP contribution in [0.4, 0.5) is 5.69 Å². The number of hydrogen-bond acceptors (Lipinski definition) is 3. The van der Waals surface area contributed by atoms with E-state index in [9.17, 15) is 0 Å². The van der Waals surface area contributed by atoms with Gasteiger partial charge in [0.2, 0.25) is 0 Å². The van der Waals surface area contributed by atoms with Crippen LogP contribution in [0.25, 0.3) is 0 Å². The molecule has 0 saturated carbocycles. The Morgan fingerprint density at radius 2 is 1.77 bits per heavy atom. The Labute approximate surface area is 78.9 Å². The maximum atomic E-state index is 8.71. The monoisotopic (exact) mass is 180 g/mol. The summed E-state index contributed by atoms with van der Waals surface area (Å²) in [4.78, 5) is 2.04. The fraction of sp³-hybridized carbons (Fsp3) is 0.400. The molecule has 0 fully saturated rings. The molecule has 1 atom stereocenters. The molecule has 13 heavy (non-hydrogen) atoms. The van der Waals surface area contributed by atoms with Crippen molar-refractivity contribution in [3.05, 3.63) is 29.8 Å². The summed E-state index contributed by atoms with van der Waals surface area (Å²) < 4.78 is 0. The second-order valence-electron chi connectivity index (χ2n) is 3.34. The number of nitrogens with zero attached hydrogens (tertiary/aromatic N) is 1. The zero-order chi connectivity index (χ0) is 9.84. The van der Waals surface area contributed by atoms with Crippen molar-refractivity contribution in [2.45, 2.75) is 13.0 Å². The third-order valence-corrected chi connectivity index (χ3v) is 2.10. The third kappa shape index (κ3) is 2.44. The van der Waals surface area contributed by atoms with E-state index in [1.165, 1.54) is 0 Å². The van der Waals surface area contributed by atoms with Gasteiger partial charge in [-0.05, 0) is 24.6 Å². The molecule has 3 heteroatoms. The van der Waals surface area contributed by atoms with Crippen LogP contribution in [-0.2, 0) is 0 Å². The first kappa shape index (κ1) is 10.0. The van der Waals surface area contributed by atoms with Gasteiger partial charge in [-0.25, -0.2) is 0 Å². The summed E-state index contributed by atoms with van der Waals surface area (Å²) in [5.74, 6) is 0. The van der Waals surface area contributed by atoms with Gasteiger partial charge < -0.3 is 10.1 Å². The minimum atomic E-state index is -0.0174. The van der Waals surface area contributed by atoms with Crippen molar-refractivity contribution in [1.29, 1.82) is 0 Å². The van der Waals surface area contributed by atoms with E-state index in [1.54, 1.807) is 0 Å². The fourth-order valence-electron chi connectivity index (χ4n) is 1.14. The van der Waals surface area contributed by atoms with Crippen LogP contribution in [0.2, 0.25) is 0 Å². The highest BCUT2D eigenvalue weighted by molar-refractivity contribution is 5.46. The van der Waals surface area contributed by atoms with Gasteiger partial charge in [-0.3, -0.25) is 0 Å². The van der Waals surface area contributed by atoms with E-state index < -0.39 is 0 Å². The van der Waals surface area contributed by atoms with Crippen molar-refractivity contribution in [2.75, 3.05) is 19.0 Å². The Morgan fingerprint density at radius 3 is 2.15 bits per heavy atom. The summed E-state index contributed by atoms with van der Waals surface area (Å²) in [7, 11) is 4.01. The lowest BCUT2D eigenvalue weighted by atomic mass is 10.1. The van der Waals surface area contributed by atoms with Crippen molar-refractivity contribution in [1.82, 2.24) is 5.48 Å². The average Bonchev–Trinajstić information content (AvgIpc) is 2.17. The molecule has 0 radical (unpaired) electrons. The number of hydroxylamine groups is 1.